The number of hydrogen-bond donors (Lipinski definition) is 0. The predicted octanol–water partition coefficient (Wildman–Crippen LogP) is 1.93. The lowest BCUT2D eigenvalue weighted by molar-refractivity contribution is -0.976. The zero-order chi connectivity index (χ0) is 10.0. The summed E-state index contributed by atoms with van der Waals surface area (Å²) in [6.45, 7) is 2.12. The van der Waals surface area contributed by atoms with E-state index in [4.69, 9.17) is 5.26 Å². The minimum atomic E-state index is 0.204. The lowest BCUT2D eigenvalue weighted by atomic mass is 9.98. The fraction of sp³-hybridized carbons (Fsp3) is 0.417. The summed E-state index contributed by atoms with van der Waals surface area (Å²) in [6, 6.07) is 13.0. The van der Waals surface area contributed by atoms with Gasteiger partial charge in [0.2, 0.25) is 0 Å². The van der Waals surface area contributed by atoms with Crippen molar-refractivity contribution in [1.29, 1.82) is 5.26 Å². The minimum Gasteiger partial charge on any atom is -0.308 e. The van der Waals surface area contributed by atoms with Gasteiger partial charge in [-0.25, -0.2) is 0 Å². The average molecular weight is 187 g/mol. The third-order valence-corrected chi connectivity index (χ3v) is 3.20. The Morgan fingerprint density at radius 3 is 2.64 bits per heavy atom. The molecule has 0 aromatic heterocycles. The number of likely N-dealkylation sites (tertiary alicyclic amines) is 1. The van der Waals surface area contributed by atoms with Crippen LogP contribution in [0.2, 0.25) is 0 Å². The van der Waals surface area contributed by atoms with Crippen LogP contribution < -0.4 is 0 Å². The van der Waals surface area contributed by atoms with E-state index in [1.807, 2.05) is 6.07 Å². The molecule has 1 aliphatic rings. The maximum Gasteiger partial charge on any atom is 0.181 e. The quantitative estimate of drug-likeness (QED) is 0.649. The highest BCUT2D eigenvalue weighted by molar-refractivity contribution is 5.14. The van der Waals surface area contributed by atoms with Gasteiger partial charge >= 0.3 is 0 Å². The first-order valence-corrected chi connectivity index (χ1v) is 5.02. The molecule has 1 saturated heterocycles. The van der Waals surface area contributed by atoms with Crippen molar-refractivity contribution in [2.75, 3.05) is 13.6 Å². The van der Waals surface area contributed by atoms with Crippen LogP contribution in [0.15, 0.2) is 30.3 Å². The Bertz CT molecular complexity index is 352. The Balaban J connectivity index is 2.09. The lowest BCUT2D eigenvalue weighted by Gasteiger charge is -2.46. The van der Waals surface area contributed by atoms with Crippen LogP contribution in [0.25, 0.3) is 0 Å². The third-order valence-electron chi connectivity index (χ3n) is 3.20. The molecule has 1 heterocycles. The Morgan fingerprint density at radius 2 is 2.14 bits per heavy atom. The number of hydrogen-bond acceptors (Lipinski definition) is 1. The maximum atomic E-state index is 8.93. The van der Waals surface area contributed by atoms with E-state index in [2.05, 4.69) is 37.4 Å². The van der Waals surface area contributed by atoms with E-state index in [0.717, 1.165) is 24.0 Å². The number of quaternary nitrogens is 1. The Kier molecular flexibility index (Phi) is 2.26. The second-order valence-corrected chi connectivity index (χ2v) is 4.28. The van der Waals surface area contributed by atoms with Crippen LogP contribution in [0.1, 0.15) is 12.0 Å². The molecule has 0 radical (unpaired) electrons. The Labute approximate surface area is 85.0 Å². The molecule has 0 N–H and O–H groups in total. The second kappa shape index (κ2) is 3.43. The number of rotatable bonds is 2. The molecule has 0 aliphatic carbocycles. The summed E-state index contributed by atoms with van der Waals surface area (Å²) < 4.78 is 0.889. The molecule has 0 spiro atoms. The van der Waals surface area contributed by atoms with Crippen molar-refractivity contribution in [3.63, 3.8) is 0 Å². The highest BCUT2D eigenvalue weighted by Crippen LogP contribution is 2.28. The smallest absolute Gasteiger partial charge is 0.181 e. The van der Waals surface area contributed by atoms with Gasteiger partial charge in [-0.05, 0) is 0 Å². The number of nitriles is 1. The molecule has 72 valence electrons. The molecule has 0 saturated carbocycles. The first kappa shape index (κ1) is 9.23. The second-order valence-electron chi connectivity index (χ2n) is 4.28. The summed E-state index contributed by atoms with van der Waals surface area (Å²) in [5, 5.41) is 8.93. The van der Waals surface area contributed by atoms with E-state index < -0.39 is 0 Å². The van der Waals surface area contributed by atoms with Crippen LogP contribution >= 0.6 is 0 Å². The third kappa shape index (κ3) is 1.51. The summed E-state index contributed by atoms with van der Waals surface area (Å²) in [6.07, 6.45) is 1.06. The van der Waals surface area contributed by atoms with Gasteiger partial charge in [-0.1, -0.05) is 30.3 Å². The van der Waals surface area contributed by atoms with E-state index in [1.165, 1.54) is 5.56 Å². The molecule has 2 nitrogen and oxygen atoms in total. The molecule has 0 amide bonds. The van der Waals surface area contributed by atoms with Gasteiger partial charge in [-0.15, -0.1) is 0 Å². The van der Waals surface area contributed by atoms with Crippen molar-refractivity contribution in [2.24, 2.45) is 0 Å². The van der Waals surface area contributed by atoms with Gasteiger partial charge in [0.15, 0.2) is 6.04 Å². The molecule has 1 aromatic rings. The molecule has 2 heteroatoms. The van der Waals surface area contributed by atoms with Crippen molar-refractivity contribution in [1.82, 2.24) is 0 Å². The van der Waals surface area contributed by atoms with Crippen LogP contribution in [0.4, 0.5) is 0 Å². The molecule has 14 heavy (non-hydrogen) atoms. The van der Waals surface area contributed by atoms with Gasteiger partial charge in [0.05, 0.1) is 20.0 Å². The molecular weight excluding hydrogens is 172 g/mol. The summed E-state index contributed by atoms with van der Waals surface area (Å²) in [4.78, 5) is 0. The van der Waals surface area contributed by atoms with E-state index in [0.29, 0.717) is 0 Å². The highest BCUT2D eigenvalue weighted by Gasteiger charge is 2.42. The van der Waals surface area contributed by atoms with Crippen LogP contribution in [0, 0.1) is 11.3 Å². The predicted molar refractivity (Wildman–Crippen MR) is 55.2 cm³/mol. The van der Waals surface area contributed by atoms with Crippen LogP contribution in [0.5, 0.6) is 0 Å². The molecule has 2 unspecified atom stereocenters. The van der Waals surface area contributed by atoms with Gasteiger partial charge < -0.3 is 4.48 Å². The van der Waals surface area contributed by atoms with Crippen molar-refractivity contribution in [3.05, 3.63) is 35.9 Å². The van der Waals surface area contributed by atoms with E-state index in [-0.39, 0.29) is 6.04 Å². The summed E-state index contributed by atoms with van der Waals surface area (Å²) in [7, 11) is 2.17. The number of nitrogens with zero attached hydrogens (tertiary/aromatic N) is 2. The lowest BCUT2D eigenvalue weighted by Crippen LogP contribution is -2.60. The fourth-order valence-electron chi connectivity index (χ4n) is 2.09. The van der Waals surface area contributed by atoms with Crippen molar-refractivity contribution < 1.29 is 4.48 Å². The SMILES string of the molecule is C[N+]1(Cc2ccccc2)CCC1C#N. The first-order chi connectivity index (χ1) is 6.74. The van der Waals surface area contributed by atoms with Gasteiger partial charge in [-0.3, -0.25) is 0 Å². The molecular formula is C12H15N2+. The molecule has 1 aromatic carbocycles. The molecule has 2 atom stereocenters. The largest absolute Gasteiger partial charge is 0.308 e. The average Bonchev–Trinajstić information content (AvgIpc) is 2.18. The summed E-state index contributed by atoms with van der Waals surface area (Å²) in [5.41, 5.74) is 1.33. The maximum absolute atomic E-state index is 8.93. The van der Waals surface area contributed by atoms with Crippen LogP contribution in [0.3, 0.4) is 0 Å². The van der Waals surface area contributed by atoms with Crippen molar-refractivity contribution >= 4 is 0 Å². The zero-order valence-electron chi connectivity index (χ0n) is 8.48. The normalized spacial score (nSPS) is 30.4. The fourth-order valence-corrected chi connectivity index (χ4v) is 2.09. The Hall–Kier alpha value is -1.33. The zero-order valence-corrected chi connectivity index (χ0v) is 8.48. The van der Waals surface area contributed by atoms with Gasteiger partial charge in [0.25, 0.3) is 0 Å². The van der Waals surface area contributed by atoms with E-state index >= 15 is 0 Å². The molecule has 2 rings (SSSR count). The van der Waals surface area contributed by atoms with E-state index in [9.17, 15) is 0 Å². The first-order valence-electron chi connectivity index (χ1n) is 5.02. The van der Waals surface area contributed by atoms with Crippen molar-refractivity contribution in [2.45, 2.75) is 19.0 Å². The standard InChI is InChI=1S/C12H15N2/c1-14(8-7-12(14)9-13)10-11-5-3-2-4-6-11/h2-6,12H,7-8,10H2,1H3/q+1. The van der Waals surface area contributed by atoms with Crippen molar-refractivity contribution in [3.8, 4) is 6.07 Å². The minimum absolute atomic E-state index is 0.204. The van der Waals surface area contributed by atoms with Crippen LogP contribution in [-0.2, 0) is 6.54 Å². The molecule has 1 fully saturated rings. The monoisotopic (exact) mass is 187 g/mol. The topological polar surface area (TPSA) is 23.8 Å². The van der Waals surface area contributed by atoms with Gasteiger partial charge in [-0.2, -0.15) is 5.26 Å². The molecule has 0 bridgehead atoms. The van der Waals surface area contributed by atoms with Gasteiger partial charge in [0.1, 0.15) is 12.6 Å². The highest BCUT2D eigenvalue weighted by atomic mass is 15.4. The Morgan fingerprint density at radius 1 is 1.43 bits per heavy atom. The van der Waals surface area contributed by atoms with Gasteiger partial charge in [0, 0.05) is 5.56 Å². The van der Waals surface area contributed by atoms with Crippen LogP contribution in [-0.4, -0.2) is 24.1 Å². The number of benzene rings is 1. The molecule has 1 aliphatic heterocycles. The summed E-state index contributed by atoms with van der Waals surface area (Å²) in [5.74, 6) is 0. The summed E-state index contributed by atoms with van der Waals surface area (Å²) >= 11 is 0. The van der Waals surface area contributed by atoms with E-state index in [1.54, 1.807) is 0 Å².